The SMILES string of the molecule is O=C(Nc1ccncc1)c1ccc(-c2nc3ccc(C(=O)NC4C5CC6CC(C5)CC4C6)cc3[nH]2)cc1. The first-order valence-electron chi connectivity index (χ1n) is 13.2. The number of benzene rings is 2. The number of nitrogens with zero attached hydrogens (tertiary/aromatic N) is 2. The number of fused-ring (bicyclic) bond motifs is 1. The zero-order valence-electron chi connectivity index (χ0n) is 20.5. The first kappa shape index (κ1) is 22.2. The van der Waals surface area contributed by atoms with Crippen LogP contribution in [0.25, 0.3) is 22.4 Å². The number of carbonyl (C=O) groups excluding carboxylic acids is 2. The third kappa shape index (κ3) is 4.18. The normalized spacial score (nSPS) is 25.8. The standard InChI is InChI=1S/C30H29N5O2/c36-29(32-24-7-9-31-10-8-24)20-3-1-19(2-4-20)28-33-25-6-5-21(16-26(25)34-28)30(37)35-27-22-12-17-11-18(14-22)15-23(27)13-17/h1-10,16-18,22-23,27H,11-15H2,(H,33,34)(H,35,37)(H,31,32,36). The molecule has 0 spiro atoms. The van der Waals surface area contributed by atoms with Crippen LogP contribution in [0.4, 0.5) is 5.69 Å². The molecule has 3 N–H and O–H groups in total. The van der Waals surface area contributed by atoms with Gasteiger partial charge >= 0.3 is 0 Å². The van der Waals surface area contributed by atoms with Crippen LogP contribution in [-0.4, -0.2) is 32.8 Å². The summed E-state index contributed by atoms with van der Waals surface area (Å²) < 4.78 is 0. The smallest absolute Gasteiger partial charge is 0.255 e. The van der Waals surface area contributed by atoms with Gasteiger partial charge in [-0.2, -0.15) is 0 Å². The Balaban J connectivity index is 1.06. The van der Waals surface area contributed by atoms with Gasteiger partial charge in [0.05, 0.1) is 11.0 Å². The Labute approximate surface area is 215 Å². The topological polar surface area (TPSA) is 99.8 Å². The Morgan fingerprint density at radius 3 is 2.16 bits per heavy atom. The molecule has 7 heteroatoms. The zero-order valence-corrected chi connectivity index (χ0v) is 20.5. The van der Waals surface area contributed by atoms with Crippen molar-refractivity contribution in [1.82, 2.24) is 20.3 Å². The second-order valence-corrected chi connectivity index (χ2v) is 11.0. The van der Waals surface area contributed by atoms with E-state index in [2.05, 4.69) is 20.6 Å². The van der Waals surface area contributed by atoms with Crippen molar-refractivity contribution in [2.24, 2.45) is 23.7 Å². The number of hydrogen-bond acceptors (Lipinski definition) is 4. The molecule has 4 aromatic rings. The van der Waals surface area contributed by atoms with E-state index in [4.69, 9.17) is 4.98 Å². The van der Waals surface area contributed by atoms with Crippen molar-refractivity contribution in [2.75, 3.05) is 5.32 Å². The van der Waals surface area contributed by atoms with Crippen LogP contribution in [-0.2, 0) is 0 Å². The molecule has 0 saturated heterocycles. The molecule has 0 atom stereocenters. The molecule has 4 aliphatic rings. The van der Waals surface area contributed by atoms with Crippen molar-refractivity contribution in [3.8, 4) is 11.4 Å². The summed E-state index contributed by atoms with van der Waals surface area (Å²) >= 11 is 0. The van der Waals surface area contributed by atoms with Crippen molar-refractivity contribution in [2.45, 2.75) is 38.1 Å². The Morgan fingerprint density at radius 2 is 1.46 bits per heavy atom. The Bertz CT molecular complexity index is 1450. The van der Waals surface area contributed by atoms with E-state index < -0.39 is 0 Å². The number of hydrogen-bond donors (Lipinski definition) is 3. The summed E-state index contributed by atoms with van der Waals surface area (Å²) in [6, 6.07) is 16.8. The lowest BCUT2D eigenvalue weighted by Gasteiger charge is -2.54. The summed E-state index contributed by atoms with van der Waals surface area (Å²) in [4.78, 5) is 37.8. The molecule has 2 amide bonds. The summed E-state index contributed by atoms with van der Waals surface area (Å²) in [5.41, 5.74) is 4.42. The molecular formula is C30H29N5O2. The molecule has 0 aliphatic heterocycles. The Kier molecular flexibility index (Phi) is 5.30. The maximum Gasteiger partial charge on any atom is 0.255 e. The Morgan fingerprint density at radius 1 is 0.784 bits per heavy atom. The number of H-pyrrole nitrogens is 1. The summed E-state index contributed by atoms with van der Waals surface area (Å²) in [7, 11) is 0. The highest BCUT2D eigenvalue weighted by molar-refractivity contribution is 6.04. The maximum atomic E-state index is 13.2. The predicted molar refractivity (Wildman–Crippen MR) is 142 cm³/mol. The van der Waals surface area contributed by atoms with Crippen LogP contribution < -0.4 is 10.6 Å². The minimum Gasteiger partial charge on any atom is -0.349 e. The van der Waals surface area contributed by atoms with Crippen LogP contribution >= 0.6 is 0 Å². The molecule has 2 aromatic carbocycles. The number of pyridine rings is 1. The van der Waals surface area contributed by atoms with Crippen LogP contribution in [0.15, 0.2) is 67.0 Å². The van der Waals surface area contributed by atoms with Gasteiger partial charge in [-0.1, -0.05) is 12.1 Å². The van der Waals surface area contributed by atoms with Gasteiger partial charge in [-0.25, -0.2) is 4.98 Å². The maximum absolute atomic E-state index is 13.2. The molecule has 0 unspecified atom stereocenters. The van der Waals surface area contributed by atoms with Crippen LogP contribution in [0.5, 0.6) is 0 Å². The fourth-order valence-electron chi connectivity index (χ4n) is 7.10. The third-order valence-electron chi connectivity index (χ3n) is 8.63. The monoisotopic (exact) mass is 491 g/mol. The summed E-state index contributed by atoms with van der Waals surface area (Å²) in [6.45, 7) is 0. The molecule has 2 aromatic heterocycles. The van der Waals surface area contributed by atoms with Crippen molar-refractivity contribution in [1.29, 1.82) is 0 Å². The van der Waals surface area contributed by atoms with Crippen molar-refractivity contribution >= 4 is 28.5 Å². The second kappa shape index (κ2) is 8.83. The molecule has 2 heterocycles. The molecule has 8 rings (SSSR count). The lowest BCUT2D eigenvalue weighted by Crippen LogP contribution is -2.55. The van der Waals surface area contributed by atoms with Crippen molar-refractivity contribution in [3.63, 3.8) is 0 Å². The van der Waals surface area contributed by atoms with Crippen LogP contribution in [0.2, 0.25) is 0 Å². The first-order valence-corrected chi connectivity index (χ1v) is 13.2. The number of anilines is 1. The van der Waals surface area contributed by atoms with Crippen molar-refractivity contribution < 1.29 is 9.59 Å². The molecular weight excluding hydrogens is 462 g/mol. The first-order chi connectivity index (χ1) is 18.1. The Hall–Kier alpha value is -4.00. The summed E-state index contributed by atoms with van der Waals surface area (Å²) in [6.07, 6.45) is 9.82. The van der Waals surface area contributed by atoms with E-state index in [9.17, 15) is 9.59 Å². The number of carbonyl (C=O) groups is 2. The van der Waals surface area contributed by atoms with Gasteiger partial charge in [0.2, 0.25) is 0 Å². The van der Waals surface area contributed by atoms with E-state index in [0.29, 0.717) is 40.5 Å². The molecule has 4 fully saturated rings. The fraction of sp³-hybridized carbons (Fsp3) is 0.333. The van der Waals surface area contributed by atoms with Crippen molar-refractivity contribution in [3.05, 3.63) is 78.1 Å². The molecule has 186 valence electrons. The lowest BCUT2D eigenvalue weighted by molar-refractivity contribution is -0.0119. The number of amides is 2. The molecule has 0 radical (unpaired) electrons. The zero-order chi connectivity index (χ0) is 24.9. The highest BCUT2D eigenvalue weighted by Gasteiger charge is 2.48. The number of rotatable bonds is 5. The lowest BCUT2D eigenvalue weighted by atomic mass is 9.54. The highest BCUT2D eigenvalue weighted by atomic mass is 16.2. The summed E-state index contributed by atoms with van der Waals surface area (Å²) in [5.74, 6) is 3.61. The number of imidazole rings is 1. The van der Waals surface area contributed by atoms with Crippen LogP contribution in [0.3, 0.4) is 0 Å². The average Bonchev–Trinajstić information content (AvgIpc) is 3.34. The highest BCUT2D eigenvalue weighted by Crippen LogP contribution is 2.53. The molecule has 4 bridgehead atoms. The number of aromatic amines is 1. The summed E-state index contributed by atoms with van der Waals surface area (Å²) in [5, 5.41) is 6.26. The minimum atomic E-state index is -0.183. The molecule has 4 saturated carbocycles. The fourth-order valence-corrected chi connectivity index (χ4v) is 7.10. The van der Waals surface area contributed by atoms with Gasteiger partial charge in [-0.15, -0.1) is 0 Å². The van der Waals surface area contributed by atoms with Gasteiger partial charge in [0, 0.05) is 40.8 Å². The number of aromatic nitrogens is 3. The van der Waals surface area contributed by atoms with E-state index in [-0.39, 0.29) is 11.8 Å². The van der Waals surface area contributed by atoms with Gasteiger partial charge < -0.3 is 15.6 Å². The van der Waals surface area contributed by atoms with E-state index in [1.807, 2.05) is 30.3 Å². The van der Waals surface area contributed by atoms with Gasteiger partial charge in [0.25, 0.3) is 11.8 Å². The van der Waals surface area contributed by atoms with Gasteiger partial charge in [0.15, 0.2) is 0 Å². The molecule has 7 nitrogen and oxygen atoms in total. The predicted octanol–water partition coefficient (Wildman–Crippen LogP) is 5.43. The van der Waals surface area contributed by atoms with E-state index in [1.54, 1.807) is 36.7 Å². The largest absolute Gasteiger partial charge is 0.349 e. The number of nitrogens with one attached hydrogen (secondary N) is 3. The minimum absolute atomic E-state index is 0.0140. The average molecular weight is 492 g/mol. The van der Waals surface area contributed by atoms with E-state index in [0.717, 1.165) is 28.4 Å². The van der Waals surface area contributed by atoms with Crippen LogP contribution in [0.1, 0.15) is 52.8 Å². The third-order valence-corrected chi connectivity index (χ3v) is 8.63. The van der Waals surface area contributed by atoms with Gasteiger partial charge in [-0.3, -0.25) is 14.6 Å². The van der Waals surface area contributed by atoms with Gasteiger partial charge in [0.1, 0.15) is 5.82 Å². The van der Waals surface area contributed by atoms with Gasteiger partial charge in [-0.05, 0) is 98.2 Å². The van der Waals surface area contributed by atoms with E-state index in [1.165, 1.54) is 32.1 Å². The molecule has 37 heavy (non-hydrogen) atoms. The second-order valence-electron chi connectivity index (χ2n) is 11.0. The molecule has 4 aliphatic carbocycles. The van der Waals surface area contributed by atoms with Crippen LogP contribution in [0, 0.1) is 23.7 Å². The quantitative estimate of drug-likeness (QED) is 0.346. The van der Waals surface area contributed by atoms with E-state index >= 15 is 0 Å².